The van der Waals surface area contributed by atoms with E-state index in [4.69, 9.17) is 5.73 Å². The summed E-state index contributed by atoms with van der Waals surface area (Å²) in [7, 11) is -3.70. The molecule has 0 aliphatic heterocycles. The maximum Gasteiger partial charge on any atom is 0.242 e. The molecule has 1 aromatic carbocycles. The molecule has 1 fully saturated rings. The first kappa shape index (κ1) is 15.3. The summed E-state index contributed by atoms with van der Waals surface area (Å²) in [5.41, 5.74) is 5.68. The molecule has 1 saturated carbocycles. The van der Waals surface area contributed by atoms with Gasteiger partial charge in [-0.25, -0.2) is 17.5 Å². The highest BCUT2D eigenvalue weighted by molar-refractivity contribution is 7.89. The van der Waals surface area contributed by atoms with Gasteiger partial charge in [0.25, 0.3) is 0 Å². The number of halogens is 1. The summed E-state index contributed by atoms with van der Waals surface area (Å²) in [6.07, 6.45) is 3.72. The van der Waals surface area contributed by atoms with Gasteiger partial charge in [0.05, 0.1) is 5.69 Å². The van der Waals surface area contributed by atoms with Gasteiger partial charge >= 0.3 is 0 Å². The van der Waals surface area contributed by atoms with Crippen molar-refractivity contribution in [2.45, 2.75) is 50.5 Å². The van der Waals surface area contributed by atoms with Crippen molar-refractivity contribution in [1.29, 1.82) is 0 Å². The van der Waals surface area contributed by atoms with E-state index < -0.39 is 15.8 Å². The molecule has 1 atom stereocenters. The highest BCUT2D eigenvalue weighted by atomic mass is 32.2. The van der Waals surface area contributed by atoms with E-state index in [2.05, 4.69) is 18.6 Å². The summed E-state index contributed by atoms with van der Waals surface area (Å²) in [4.78, 5) is -0.0534. The first-order valence-electron chi connectivity index (χ1n) is 6.77. The number of sulfonamides is 1. The van der Waals surface area contributed by atoms with Crippen molar-refractivity contribution in [1.82, 2.24) is 4.72 Å². The van der Waals surface area contributed by atoms with Crippen LogP contribution in [-0.2, 0) is 10.0 Å². The minimum absolute atomic E-state index is 0.0534. The monoisotopic (exact) mass is 300 g/mol. The molecule has 2 rings (SSSR count). The second-order valence-corrected chi connectivity index (χ2v) is 7.94. The second-order valence-electron chi connectivity index (χ2n) is 6.26. The maximum absolute atomic E-state index is 13.0. The average molecular weight is 300 g/mol. The minimum atomic E-state index is -3.70. The second kappa shape index (κ2) is 5.33. The molecule has 112 valence electrons. The molecule has 1 aliphatic carbocycles. The molecule has 0 bridgehead atoms. The summed E-state index contributed by atoms with van der Waals surface area (Å²) in [6, 6.07) is 3.25. The molecule has 4 nitrogen and oxygen atoms in total. The van der Waals surface area contributed by atoms with Crippen LogP contribution in [0.15, 0.2) is 23.1 Å². The Hall–Kier alpha value is -1.14. The first-order valence-corrected chi connectivity index (χ1v) is 8.25. The van der Waals surface area contributed by atoms with E-state index in [9.17, 15) is 12.8 Å². The van der Waals surface area contributed by atoms with Crippen LogP contribution in [-0.4, -0.2) is 14.5 Å². The molecule has 3 N–H and O–H groups in total. The minimum Gasteiger partial charge on any atom is -0.398 e. The van der Waals surface area contributed by atoms with Crippen molar-refractivity contribution in [3.63, 3.8) is 0 Å². The number of nitrogens with one attached hydrogen (secondary N) is 1. The van der Waals surface area contributed by atoms with Crippen LogP contribution in [0.4, 0.5) is 10.1 Å². The number of nitrogen functional groups attached to an aromatic ring is 1. The maximum atomic E-state index is 13.0. The number of benzene rings is 1. The molecule has 1 aromatic rings. The van der Waals surface area contributed by atoms with Crippen molar-refractivity contribution in [2.24, 2.45) is 5.41 Å². The molecule has 0 aromatic heterocycles. The lowest BCUT2D eigenvalue weighted by Gasteiger charge is -2.35. The molecular formula is C14H21FN2O2S. The van der Waals surface area contributed by atoms with Crippen LogP contribution < -0.4 is 10.5 Å². The molecule has 0 radical (unpaired) electrons. The molecule has 1 unspecified atom stereocenters. The molecule has 0 heterocycles. The Labute approximate surface area is 119 Å². The van der Waals surface area contributed by atoms with Gasteiger partial charge in [-0.05, 0) is 42.9 Å². The number of nitrogens with two attached hydrogens (primary N) is 1. The quantitative estimate of drug-likeness (QED) is 0.843. The standard InChI is InChI=1S/C14H21FN2O2S/c1-14(2)7-3-4-11(9-14)17-20(18,19)13-6-5-10(15)8-12(13)16/h5-6,8,11,17H,3-4,7,9,16H2,1-2H3. The van der Waals surface area contributed by atoms with E-state index in [0.29, 0.717) is 0 Å². The zero-order valence-corrected chi connectivity index (χ0v) is 12.6. The van der Waals surface area contributed by atoms with Crippen molar-refractivity contribution in [3.8, 4) is 0 Å². The highest BCUT2D eigenvalue weighted by Gasteiger charge is 2.31. The molecule has 6 heteroatoms. The first-order chi connectivity index (χ1) is 9.20. The predicted octanol–water partition coefficient (Wildman–Crippen LogP) is 2.66. The van der Waals surface area contributed by atoms with Gasteiger partial charge in [0.15, 0.2) is 0 Å². The van der Waals surface area contributed by atoms with Gasteiger partial charge in [-0.15, -0.1) is 0 Å². The van der Waals surface area contributed by atoms with Crippen molar-refractivity contribution in [3.05, 3.63) is 24.0 Å². The van der Waals surface area contributed by atoms with Crippen LogP contribution in [0.5, 0.6) is 0 Å². The Morgan fingerprint density at radius 3 is 2.70 bits per heavy atom. The van der Waals surface area contributed by atoms with E-state index in [1.165, 1.54) is 6.07 Å². The Balaban J connectivity index is 2.19. The zero-order valence-electron chi connectivity index (χ0n) is 11.8. The zero-order chi connectivity index (χ0) is 15.0. The summed E-state index contributed by atoms with van der Waals surface area (Å²) < 4.78 is 40.4. The third-order valence-electron chi connectivity index (χ3n) is 3.79. The fraction of sp³-hybridized carbons (Fsp3) is 0.571. The smallest absolute Gasteiger partial charge is 0.242 e. The Bertz CT molecular complexity index is 599. The molecule has 0 spiro atoms. The van der Waals surface area contributed by atoms with E-state index >= 15 is 0 Å². The molecule has 1 aliphatic rings. The Kier molecular flexibility index (Phi) is 4.07. The lowest BCUT2D eigenvalue weighted by molar-refractivity contribution is 0.212. The van der Waals surface area contributed by atoms with E-state index in [1.54, 1.807) is 0 Å². The molecule has 0 amide bonds. The summed E-state index contributed by atoms with van der Waals surface area (Å²) >= 11 is 0. The summed E-state index contributed by atoms with van der Waals surface area (Å²) in [5.74, 6) is -0.541. The average Bonchev–Trinajstić information content (AvgIpc) is 2.25. The van der Waals surface area contributed by atoms with Crippen LogP contribution in [0, 0.1) is 11.2 Å². The van der Waals surface area contributed by atoms with Crippen LogP contribution in [0.25, 0.3) is 0 Å². The highest BCUT2D eigenvalue weighted by Crippen LogP contribution is 2.35. The van der Waals surface area contributed by atoms with Crippen molar-refractivity contribution < 1.29 is 12.8 Å². The van der Waals surface area contributed by atoms with Crippen LogP contribution in [0.3, 0.4) is 0 Å². The van der Waals surface area contributed by atoms with Gasteiger partial charge in [-0.2, -0.15) is 0 Å². The van der Waals surface area contributed by atoms with Gasteiger partial charge in [-0.1, -0.05) is 20.3 Å². The molecule has 20 heavy (non-hydrogen) atoms. The number of hydrogen-bond donors (Lipinski definition) is 2. The lowest BCUT2D eigenvalue weighted by Crippen LogP contribution is -2.40. The summed E-state index contributed by atoms with van der Waals surface area (Å²) in [5, 5.41) is 0. The Morgan fingerprint density at radius 1 is 1.40 bits per heavy atom. The number of hydrogen-bond acceptors (Lipinski definition) is 3. The number of anilines is 1. The fourth-order valence-corrected chi connectivity index (χ4v) is 4.23. The lowest BCUT2D eigenvalue weighted by atomic mass is 9.75. The fourth-order valence-electron chi connectivity index (χ4n) is 2.85. The molecule has 0 saturated heterocycles. The van der Waals surface area contributed by atoms with Gasteiger partial charge in [0.1, 0.15) is 10.7 Å². The van der Waals surface area contributed by atoms with Crippen LogP contribution in [0.1, 0.15) is 39.5 Å². The number of rotatable bonds is 3. The SMILES string of the molecule is CC1(C)CCCC(NS(=O)(=O)c2ccc(F)cc2N)C1. The normalized spacial score (nSPS) is 22.6. The largest absolute Gasteiger partial charge is 0.398 e. The van der Waals surface area contributed by atoms with E-state index in [0.717, 1.165) is 37.8 Å². The van der Waals surface area contributed by atoms with E-state index in [1.807, 2.05) is 0 Å². The molecular weight excluding hydrogens is 279 g/mol. The third-order valence-corrected chi connectivity index (χ3v) is 5.38. The van der Waals surface area contributed by atoms with E-state index in [-0.39, 0.29) is 22.0 Å². The topological polar surface area (TPSA) is 72.2 Å². The predicted molar refractivity (Wildman–Crippen MR) is 77.2 cm³/mol. The van der Waals surface area contributed by atoms with Gasteiger partial charge < -0.3 is 5.73 Å². The van der Waals surface area contributed by atoms with Crippen molar-refractivity contribution in [2.75, 3.05) is 5.73 Å². The van der Waals surface area contributed by atoms with Crippen molar-refractivity contribution >= 4 is 15.7 Å². The van der Waals surface area contributed by atoms with Crippen LogP contribution in [0.2, 0.25) is 0 Å². The van der Waals surface area contributed by atoms with Gasteiger partial charge in [0.2, 0.25) is 10.0 Å². The van der Waals surface area contributed by atoms with Gasteiger partial charge in [-0.3, -0.25) is 0 Å². The third kappa shape index (κ3) is 3.49. The van der Waals surface area contributed by atoms with Crippen LogP contribution >= 0.6 is 0 Å². The Morgan fingerprint density at radius 2 is 2.10 bits per heavy atom. The summed E-state index contributed by atoms with van der Waals surface area (Å²) in [6.45, 7) is 4.28. The van der Waals surface area contributed by atoms with Gasteiger partial charge in [0, 0.05) is 6.04 Å².